The molecule has 24 heavy (non-hydrogen) atoms. The third kappa shape index (κ3) is 4.31. The number of anilines is 1. The molecule has 6 nitrogen and oxygen atoms in total. The molecule has 6 heteroatoms. The van der Waals surface area contributed by atoms with E-state index >= 15 is 0 Å². The van der Waals surface area contributed by atoms with Crippen LogP contribution in [0.1, 0.15) is 11.7 Å². The first-order valence-corrected chi connectivity index (χ1v) is 8.14. The summed E-state index contributed by atoms with van der Waals surface area (Å²) < 4.78 is 0. The summed E-state index contributed by atoms with van der Waals surface area (Å²) in [6.07, 6.45) is 2.80. The fourth-order valence-electron chi connectivity index (χ4n) is 2.80. The number of aliphatic hydroxyl groups is 1. The minimum absolute atomic E-state index is 0.105. The predicted molar refractivity (Wildman–Crippen MR) is 92.7 cm³/mol. The highest BCUT2D eigenvalue weighted by atomic mass is 16.3. The second kappa shape index (κ2) is 7.90. The molecule has 0 radical (unpaired) electrons. The van der Waals surface area contributed by atoms with Crippen LogP contribution in [-0.4, -0.2) is 58.6 Å². The third-order valence-corrected chi connectivity index (χ3v) is 4.19. The Labute approximate surface area is 141 Å². The first-order chi connectivity index (χ1) is 11.7. The van der Waals surface area contributed by atoms with Gasteiger partial charge in [-0.05, 0) is 17.7 Å². The zero-order valence-electron chi connectivity index (χ0n) is 13.5. The fraction of sp³-hybridized carbons (Fsp3) is 0.333. The quantitative estimate of drug-likeness (QED) is 0.901. The molecular weight excluding hydrogens is 304 g/mol. The summed E-state index contributed by atoms with van der Waals surface area (Å²) in [5, 5.41) is 13.2. The molecule has 0 bridgehead atoms. The van der Waals surface area contributed by atoms with E-state index in [9.17, 15) is 9.90 Å². The molecule has 0 spiro atoms. The van der Waals surface area contributed by atoms with Gasteiger partial charge >= 0.3 is 6.03 Å². The Kier molecular flexibility index (Phi) is 5.40. The van der Waals surface area contributed by atoms with Gasteiger partial charge in [0.1, 0.15) is 0 Å². The maximum atomic E-state index is 12.2. The number of β-amino-alcohol motifs (C(OH)–C–C–N with tert-alkyl or cyclic N) is 1. The first-order valence-electron chi connectivity index (χ1n) is 8.14. The Balaban J connectivity index is 1.46. The number of piperazine rings is 1. The lowest BCUT2D eigenvalue weighted by Crippen LogP contribution is -2.50. The van der Waals surface area contributed by atoms with E-state index in [0.717, 1.165) is 18.7 Å². The molecule has 1 aliphatic heterocycles. The van der Waals surface area contributed by atoms with Gasteiger partial charge in [0.2, 0.25) is 0 Å². The molecular formula is C18H22N4O2. The maximum Gasteiger partial charge on any atom is 0.321 e. The van der Waals surface area contributed by atoms with Crippen LogP contribution in [-0.2, 0) is 0 Å². The van der Waals surface area contributed by atoms with Crippen LogP contribution < -0.4 is 5.32 Å². The number of pyridine rings is 1. The number of nitrogens with zero attached hydrogens (tertiary/aromatic N) is 3. The summed E-state index contributed by atoms with van der Waals surface area (Å²) in [6, 6.07) is 13.2. The van der Waals surface area contributed by atoms with Crippen molar-refractivity contribution >= 4 is 11.7 Å². The average Bonchev–Trinajstić information content (AvgIpc) is 2.64. The van der Waals surface area contributed by atoms with Crippen molar-refractivity contribution in [2.75, 3.05) is 38.0 Å². The number of hydrogen-bond acceptors (Lipinski definition) is 4. The van der Waals surface area contributed by atoms with Crippen molar-refractivity contribution in [3.63, 3.8) is 0 Å². The van der Waals surface area contributed by atoms with Gasteiger partial charge in [0.15, 0.2) is 0 Å². The van der Waals surface area contributed by atoms with Gasteiger partial charge < -0.3 is 15.3 Å². The molecule has 126 valence electrons. The number of aliphatic hydroxyl groups excluding tert-OH is 1. The number of amides is 2. The number of nitrogens with one attached hydrogen (secondary N) is 1. The average molecular weight is 326 g/mol. The lowest BCUT2D eigenvalue weighted by molar-refractivity contribution is 0.0831. The molecule has 3 rings (SSSR count). The number of rotatable bonds is 4. The van der Waals surface area contributed by atoms with Gasteiger partial charge in [-0.1, -0.05) is 30.3 Å². The van der Waals surface area contributed by atoms with Crippen LogP contribution in [0.15, 0.2) is 54.9 Å². The first kappa shape index (κ1) is 16.4. The van der Waals surface area contributed by atoms with Crippen molar-refractivity contribution in [3.8, 4) is 0 Å². The van der Waals surface area contributed by atoms with E-state index in [1.807, 2.05) is 36.4 Å². The Morgan fingerprint density at radius 1 is 1.12 bits per heavy atom. The summed E-state index contributed by atoms with van der Waals surface area (Å²) in [5.74, 6) is 0. The number of benzene rings is 1. The largest absolute Gasteiger partial charge is 0.387 e. The molecule has 0 unspecified atom stereocenters. The smallest absolute Gasteiger partial charge is 0.321 e. The van der Waals surface area contributed by atoms with Crippen molar-refractivity contribution in [1.82, 2.24) is 14.8 Å². The van der Waals surface area contributed by atoms with E-state index in [1.165, 1.54) is 0 Å². The Morgan fingerprint density at radius 2 is 1.88 bits per heavy atom. The van der Waals surface area contributed by atoms with E-state index in [-0.39, 0.29) is 6.03 Å². The number of aromatic nitrogens is 1. The molecule has 1 aromatic heterocycles. The summed E-state index contributed by atoms with van der Waals surface area (Å²) >= 11 is 0. The van der Waals surface area contributed by atoms with Gasteiger partial charge in [-0.3, -0.25) is 9.88 Å². The molecule has 1 saturated heterocycles. The molecule has 1 fully saturated rings. The molecule has 0 saturated carbocycles. The Hall–Kier alpha value is -2.44. The predicted octanol–water partition coefficient (Wildman–Crippen LogP) is 1.96. The highest BCUT2D eigenvalue weighted by molar-refractivity contribution is 5.89. The second-order valence-electron chi connectivity index (χ2n) is 5.89. The molecule has 2 amide bonds. The van der Waals surface area contributed by atoms with Gasteiger partial charge in [0.05, 0.1) is 18.0 Å². The second-order valence-corrected chi connectivity index (χ2v) is 5.89. The zero-order valence-corrected chi connectivity index (χ0v) is 13.5. The topological polar surface area (TPSA) is 68.7 Å². The maximum absolute atomic E-state index is 12.2. The Morgan fingerprint density at radius 3 is 2.54 bits per heavy atom. The van der Waals surface area contributed by atoms with Crippen molar-refractivity contribution < 1.29 is 9.90 Å². The van der Waals surface area contributed by atoms with E-state index in [2.05, 4.69) is 15.2 Å². The number of carbonyl (C=O) groups excluding carboxylic acids is 1. The van der Waals surface area contributed by atoms with Gasteiger partial charge in [-0.25, -0.2) is 4.79 Å². The van der Waals surface area contributed by atoms with Gasteiger partial charge in [-0.15, -0.1) is 0 Å². The monoisotopic (exact) mass is 326 g/mol. The van der Waals surface area contributed by atoms with Crippen molar-refractivity contribution in [3.05, 3.63) is 60.4 Å². The minimum atomic E-state index is -0.498. The summed E-state index contributed by atoms with van der Waals surface area (Å²) in [4.78, 5) is 20.2. The Bertz CT molecular complexity index is 643. The molecule has 1 atom stereocenters. The minimum Gasteiger partial charge on any atom is -0.387 e. The molecule has 1 aromatic carbocycles. The van der Waals surface area contributed by atoms with E-state index in [0.29, 0.717) is 25.3 Å². The molecule has 1 aliphatic rings. The van der Waals surface area contributed by atoms with Crippen molar-refractivity contribution in [2.45, 2.75) is 6.10 Å². The SMILES string of the molecule is O=C(Nc1cccnc1)N1CCN(C[C@H](O)c2ccccc2)CC1. The van der Waals surface area contributed by atoms with Gasteiger partial charge in [-0.2, -0.15) is 0 Å². The number of urea groups is 1. The van der Waals surface area contributed by atoms with Crippen LogP contribution in [0.2, 0.25) is 0 Å². The third-order valence-electron chi connectivity index (χ3n) is 4.19. The van der Waals surface area contributed by atoms with Gasteiger partial charge in [0.25, 0.3) is 0 Å². The normalized spacial score (nSPS) is 16.6. The summed E-state index contributed by atoms with van der Waals surface area (Å²) in [5.41, 5.74) is 1.62. The lowest BCUT2D eigenvalue weighted by Gasteiger charge is -2.35. The molecule has 2 N–H and O–H groups in total. The number of carbonyl (C=O) groups is 1. The zero-order chi connectivity index (χ0) is 16.8. The van der Waals surface area contributed by atoms with E-state index in [4.69, 9.17) is 0 Å². The van der Waals surface area contributed by atoms with Crippen molar-refractivity contribution in [1.29, 1.82) is 0 Å². The number of hydrogen-bond donors (Lipinski definition) is 2. The lowest BCUT2D eigenvalue weighted by atomic mass is 10.1. The fourth-order valence-corrected chi connectivity index (χ4v) is 2.80. The van der Waals surface area contributed by atoms with Gasteiger partial charge in [0, 0.05) is 38.9 Å². The van der Waals surface area contributed by atoms with Crippen LogP contribution in [0.4, 0.5) is 10.5 Å². The molecule has 0 aliphatic carbocycles. The van der Waals surface area contributed by atoms with E-state index < -0.39 is 6.10 Å². The van der Waals surface area contributed by atoms with Crippen LogP contribution in [0, 0.1) is 0 Å². The van der Waals surface area contributed by atoms with Crippen LogP contribution in [0.3, 0.4) is 0 Å². The summed E-state index contributed by atoms with van der Waals surface area (Å²) in [7, 11) is 0. The highest BCUT2D eigenvalue weighted by Gasteiger charge is 2.23. The molecule has 2 aromatic rings. The molecule has 2 heterocycles. The standard InChI is InChI=1S/C18H22N4O2/c23-17(15-5-2-1-3-6-15)14-21-9-11-22(12-10-21)18(24)20-16-7-4-8-19-13-16/h1-8,13,17,23H,9-12,14H2,(H,20,24)/t17-/m0/s1. The highest BCUT2D eigenvalue weighted by Crippen LogP contribution is 2.15. The van der Waals surface area contributed by atoms with Crippen LogP contribution in [0.25, 0.3) is 0 Å². The van der Waals surface area contributed by atoms with Crippen LogP contribution >= 0.6 is 0 Å². The van der Waals surface area contributed by atoms with E-state index in [1.54, 1.807) is 23.4 Å². The van der Waals surface area contributed by atoms with Crippen molar-refractivity contribution in [2.24, 2.45) is 0 Å². The summed E-state index contributed by atoms with van der Waals surface area (Å²) in [6.45, 7) is 3.39. The van der Waals surface area contributed by atoms with Crippen LogP contribution in [0.5, 0.6) is 0 Å².